The molecule has 0 radical (unpaired) electrons. The van der Waals surface area contributed by atoms with Gasteiger partial charge in [-0.3, -0.25) is 24.6 Å². The highest BCUT2D eigenvalue weighted by Crippen LogP contribution is 2.21. The van der Waals surface area contributed by atoms with Crippen LogP contribution in [0.15, 0.2) is 66.3 Å². The van der Waals surface area contributed by atoms with Crippen molar-refractivity contribution in [2.45, 2.75) is 38.3 Å². The number of nitrogens with one attached hydrogen (secondary N) is 5. The lowest BCUT2D eigenvalue weighted by Crippen LogP contribution is -2.51. The summed E-state index contributed by atoms with van der Waals surface area (Å²) >= 11 is 1.19. The number of rotatable bonds is 13. The number of para-hydroxylation sites is 1. The number of carbonyl (C=O) groups is 4. The molecule has 4 aromatic rings. The quantitative estimate of drug-likeness (QED) is 0.0847. The monoisotopic (exact) mass is 643 g/mol. The number of Topliss-reactive ketones (excluding diaryl/α,β-unsaturated/α-hetero) is 1. The SMILES string of the molecule is CCC(=O)NC(Cc1cccc(C(=N)N2CCOCC2)c1)C(=O)NCC(=O)NC(Cc1c[nH]c2ccccc12)C(=O)c1nccs1. The van der Waals surface area contributed by atoms with E-state index in [0.29, 0.717) is 37.7 Å². The Hall–Kier alpha value is -4.88. The Morgan fingerprint density at radius 1 is 1.02 bits per heavy atom. The fourth-order valence-corrected chi connectivity index (χ4v) is 5.95. The van der Waals surface area contributed by atoms with Crippen LogP contribution in [0.1, 0.15) is 39.8 Å². The fourth-order valence-electron chi connectivity index (χ4n) is 5.32. The topological polar surface area (TPSA) is 169 Å². The van der Waals surface area contributed by atoms with Crippen LogP contribution in [-0.2, 0) is 32.0 Å². The number of aromatic nitrogens is 2. The van der Waals surface area contributed by atoms with Crippen LogP contribution in [0.3, 0.4) is 0 Å². The largest absolute Gasteiger partial charge is 0.378 e. The summed E-state index contributed by atoms with van der Waals surface area (Å²) in [7, 11) is 0. The van der Waals surface area contributed by atoms with Crippen LogP contribution in [0.5, 0.6) is 0 Å². The van der Waals surface area contributed by atoms with Crippen LogP contribution < -0.4 is 16.0 Å². The average Bonchev–Trinajstić information content (AvgIpc) is 3.77. The van der Waals surface area contributed by atoms with Gasteiger partial charge in [0.15, 0.2) is 5.01 Å². The Kier molecular flexibility index (Phi) is 10.9. The van der Waals surface area contributed by atoms with Gasteiger partial charge in [0.25, 0.3) is 0 Å². The molecule has 240 valence electrons. The van der Waals surface area contributed by atoms with Crippen LogP contribution in [0.25, 0.3) is 10.9 Å². The first-order chi connectivity index (χ1) is 22.3. The zero-order chi connectivity index (χ0) is 32.5. The Balaban J connectivity index is 1.24. The predicted octanol–water partition coefficient (Wildman–Crippen LogP) is 2.45. The van der Waals surface area contributed by atoms with E-state index in [9.17, 15) is 19.2 Å². The number of hydrogen-bond donors (Lipinski definition) is 5. The van der Waals surface area contributed by atoms with E-state index in [1.807, 2.05) is 59.6 Å². The summed E-state index contributed by atoms with van der Waals surface area (Å²) in [6.07, 6.45) is 3.93. The molecule has 3 heterocycles. The van der Waals surface area contributed by atoms with E-state index >= 15 is 0 Å². The highest BCUT2D eigenvalue weighted by Gasteiger charge is 2.27. The van der Waals surface area contributed by atoms with Crippen molar-refractivity contribution >= 4 is 51.6 Å². The molecule has 2 unspecified atom stereocenters. The second kappa shape index (κ2) is 15.4. The number of ether oxygens (including phenoxy) is 1. The molecule has 0 aliphatic carbocycles. The Bertz CT molecular complexity index is 1700. The third-order valence-corrected chi connectivity index (χ3v) is 8.54. The first-order valence-electron chi connectivity index (χ1n) is 15.2. The van der Waals surface area contributed by atoms with E-state index in [4.69, 9.17) is 10.1 Å². The molecule has 5 rings (SSSR count). The molecule has 1 fully saturated rings. The number of carbonyl (C=O) groups excluding carboxylic acids is 4. The molecule has 0 saturated carbocycles. The van der Waals surface area contributed by atoms with Crippen molar-refractivity contribution in [1.29, 1.82) is 5.41 Å². The second-order valence-corrected chi connectivity index (χ2v) is 11.8. The van der Waals surface area contributed by atoms with Crippen LogP contribution in [0.4, 0.5) is 0 Å². The van der Waals surface area contributed by atoms with Crippen molar-refractivity contribution in [3.8, 4) is 0 Å². The summed E-state index contributed by atoms with van der Waals surface area (Å²) in [5, 5.41) is 19.7. The summed E-state index contributed by atoms with van der Waals surface area (Å²) in [5.41, 5.74) is 3.23. The predicted molar refractivity (Wildman–Crippen MR) is 175 cm³/mol. The van der Waals surface area contributed by atoms with Crippen molar-refractivity contribution < 1.29 is 23.9 Å². The van der Waals surface area contributed by atoms with Gasteiger partial charge in [0.1, 0.15) is 11.9 Å². The highest BCUT2D eigenvalue weighted by molar-refractivity contribution is 7.11. The molecular weight excluding hydrogens is 606 g/mol. The summed E-state index contributed by atoms with van der Waals surface area (Å²) < 4.78 is 5.39. The van der Waals surface area contributed by atoms with Gasteiger partial charge in [-0.25, -0.2) is 4.98 Å². The number of fused-ring (bicyclic) bond motifs is 1. The van der Waals surface area contributed by atoms with E-state index in [1.165, 1.54) is 17.5 Å². The second-order valence-electron chi connectivity index (χ2n) is 10.9. The molecule has 1 saturated heterocycles. The Morgan fingerprint density at radius 2 is 1.80 bits per heavy atom. The molecule has 2 atom stereocenters. The van der Waals surface area contributed by atoms with Crippen molar-refractivity contribution in [2.24, 2.45) is 0 Å². The van der Waals surface area contributed by atoms with Crippen LogP contribution in [-0.4, -0.2) is 89.1 Å². The molecule has 2 aromatic heterocycles. The lowest BCUT2D eigenvalue weighted by atomic mass is 10.0. The summed E-state index contributed by atoms with van der Waals surface area (Å²) in [5.74, 6) is -1.35. The van der Waals surface area contributed by atoms with Gasteiger partial charge in [0.2, 0.25) is 23.5 Å². The van der Waals surface area contributed by atoms with E-state index < -0.39 is 30.4 Å². The molecule has 0 bridgehead atoms. The first-order valence-corrected chi connectivity index (χ1v) is 16.1. The van der Waals surface area contributed by atoms with Gasteiger partial charge in [-0.1, -0.05) is 43.3 Å². The molecule has 0 spiro atoms. The van der Waals surface area contributed by atoms with E-state index in [0.717, 1.165) is 22.0 Å². The van der Waals surface area contributed by atoms with Crippen LogP contribution >= 0.6 is 11.3 Å². The Morgan fingerprint density at radius 3 is 2.57 bits per heavy atom. The molecule has 13 heteroatoms. The van der Waals surface area contributed by atoms with Gasteiger partial charge in [0.05, 0.1) is 25.8 Å². The fraction of sp³-hybridized carbons (Fsp3) is 0.333. The highest BCUT2D eigenvalue weighted by atomic mass is 32.1. The number of nitrogens with zero attached hydrogens (tertiary/aromatic N) is 2. The number of ketones is 1. The molecule has 5 N–H and O–H groups in total. The zero-order valence-electron chi connectivity index (χ0n) is 25.5. The third-order valence-electron chi connectivity index (χ3n) is 7.76. The van der Waals surface area contributed by atoms with Gasteiger partial charge in [0, 0.05) is 66.6 Å². The number of amides is 3. The summed E-state index contributed by atoms with van der Waals surface area (Å²) in [6.45, 7) is 3.67. The lowest BCUT2D eigenvalue weighted by molar-refractivity contribution is -0.130. The van der Waals surface area contributed by atoms with Crippen molar-refractivity contribution in [3.05, 3.63) is 88.0 Å². The Labute approximate surface area is 270 Å². The molecular formula is C33H37N7O5S. The molecule has 3 amide bonds. The number of amidine groups is 1. The number of morpholine rings is 1. The van der Waals surface area contributed by atoms with Gasteiger partial charge >= 0.3 is 0 Å². The molecule has 1 aliphatic heterocycles. The van der Waals surface area contributed by atoms with Gasteiger partial charge in [-0.05, 0) is 23.3 Å². The normalized spacial score (nSPS) is 14.3. The minimum absolute atomic E-state index is 0.162. The average molecular weight is 644 g/mol. The number of hydrogen-bond acceptors (Lipinski definition) is 8. The summed E-state index contributed by atoms with van der Waals surface area (Å²) in [6, 6.07) is 13.2. The van der Waals surface area contributed by atoms with Crippen molar-refractivity contribution in [3.63, 3.8) is 0 Å². The maximum Gasteiger partial charge on any atom is 0.243 e. The van der Waals surface area contributed by atoms with E-state index in [2.05, 4.69) is 25.9 Å². The van der Waals surface area contributed by atoms with Gasteiger partial charge in [-0.2, -0.15) is 0 Å². The van der Waals surface area contributed by atoms with Crippen molar-refractivity contribution in [1.82, 2.24) is 30.8 Å². The molecule has 2 aromatic carbocycles. The minimum Gasteiger partial charge on any atom is -0.378 e. The van der Waals surface area contributed by atoms with Gasteiger partial charge in [-0.15, -0.1) is 11.3 Å². The number of thiazole rings is 1. The summed E-state index contributed by atoms with van der Waals surface area (Å²) in [4.78, 5) is 61.4. The van der Waals surface area contributed by atoms with Gasteiger partial charge < -0.3 is 30.6 Å². The van der Waals surface area contributed by atoms with Crippen LogP contribution in [0, 0.1) is 5.41 Å². The maximum atomic E-state index is 13.3. The lowest BCUT2D eigenvalue weighted by Gasteiger charge is -2.29. The van der Waals surface area contributed by atoms with Crippen molar-refractivity contribution in [2.75, 3.05) is 32.8 Å². The molecule has 1 aliphatic rings. The molecule has 46 heavy (non-hydrogen) atoms. The first kappa shape index (κ1) is 32.5. The molecule has 12 nitrogen and oxygen atoms in total. The number of H-pyrrole nitrogens is 1. The third kappa shape index (κ3) is 8.23. The van der Waals surface area contributed by atoms with E-state index in [-0.39, 0.29) is 36.0 Å². The number of aromatic amines is 1. The number of benzene rings is 2. The maximum absolute atomic E-state index is 13.3. The zero-order valence-corrected chi connectivity index (χ0v) is 26.3. The van der Waals surface area contributed by atoms with E-state index in [1.54, 1.807) is 12.3 Å². The standard InChI is InChI=1S/C33H37N7O5S/c1-2-28(41)39-27(17-21-6-5-7-22(16-21)31(34)40-11-13-45-14-12-40)32(44)37-20-29(42)38-26(30(43)33-35-10-15-46-33)18-23-19-36-25-9-4-3-8-24(23)25/h3-10,15-16,19,26-27,34,36H,2,11-14,17-18,20H2,1H3,(H,37,44)(H,38,42)(H,39,41). The van der Waals surface area contributed by atoms with Crippen LogP contribution in [0.2, 0.25) is 0 Å². The minimum atomic E-state index is -0.952. The smallest absolute Gasteiger partial charge is 0.243 e.